The van der Waals surface area contributed by atoms with Gasteiger partial charge < -0.3 is 14.6 Å². The second kappa shape index (κ2) is 7.25. The van der Waals surface area contributed by atoms with Gasteiger partial charge in [-0.05, 0) is 24.7 Å². The van der Waals surface area contributed by atoms with E-state index in [-0.39, 0.29) is 11.5 Å². The van der Waals surface area contributed by atoms with E-state index < -0.39 is 11.9 Å². The van der Waals surface area contributed by atoms with Gasteiger partial charge in [-0.1, -0.05) is 47.1 Å². The second-order valence-electron chi connectivity index (χ2n) is 8.70. The molecule has 1 saturated carbocycles. The lowest BCUT2D eigenvalue weighted by molar-refractivity contribution is -0.341. The Labute approximate surface area is 142 Å². The van der Waals surface area contributed by atoms with Crippen LogP contribution in [-0.2, 0) is 9.47 Å². The maximum Gasteiger partial charge on any atom is 0.171 e. The number of ether oxygens (including phenoxy) is 2. The van der Waals surface area contributed by atoms with Crippen LogP contribution in [0.15, 0.2) is 12.7 Å². The first kappa shape index (κ1) is 19.0. The molecule has 5 atom stereocenters. The van der Waals surface area contributed by atoms with Gasteiger partial charge in [0.15, 0.2) is 5.79 Å². The quantitative estimate of drug-likeness (QED) is 0.754. The van der Waals surface area contributed by atoms with E-state index in [9.17, 15) is 5.11 Å². The van der Waals surface area contributed by atoms with E-state index >= 15 is 0 Å². The lowest BCUT2D eigenvalue weighted by Crippen LogP contribution is -2.55. The molecule has 0 bridgehead atoms. The van der Waals surface area contributed by atoms with Gasteiger partial charge in [-0.3, -0.25) is 0 Å². The first-order valence-corrected chi connectivity index (χ1v) is 9.33. The molecule has 1 aliphatic carbocycles. The van der Waals surface area contributed by atoms with Crippen LogP contribution < -0.4 is 0 Å². The fourth-order valence-electron chi connectivity index (χ4n) is 4.16. The number of aliphatic hydroxyl groups excluding tert-OH is 1. The summed E-state index contributed by atoms with van der Waals surface area (Å²) >= 11 is 0. The molecule has 2 aliphatic rings. The van der Waals surface area contributed by atoms with Gasteiger partial charge in [0.1, 0.15) is 0 Å². The van der Waals surface area contributed by atoms with Gasteiger partial charge in [0.25, 0.3) is 0 Å². The van der Waals surface area contributed by atoms with Crippen LogP contribution in [0.2, 0.25) is 0 Å². The first-order valence-electron chi connectivity index (χ1n) is 9.33. The SMILES string of the molecule is C=CC(C)(C)C(O)CC1CCOC2(CC(C)CCC2C(C)C)O1. The lowest BCUT2D eigenvalue weighted by atomic mass is 9.72. The summed E-state index contributed by atoms with van der Waals surface area (Å²) in [5, 5.41) is 10.6. The Bertz CT molecular complexity index is 404. The van der Waals surface area contributed by atoms with Crippen LogP contribution in [0.1, 0.15) is 66.7 Å². The van der Waals surface area contributed by atoms with Crippen molar-refractivity contribution in [3.8, 4) is 0 Å². The molecule has 1 spiro atoms. The van der Waals surface area contributed by atoms with Gasteiger partial charge in [-0.25, -0.2) is 0 Å². The highest BCUT2D eigenvalue weighted by Gasteiger charge is 2.50. The minimum absolute atomic E-state index is 0.0736. The zero-order chi connectivity index (χ0) is 17.3. The summed E-state index contributed by atoms with van der Waals surface area (Å²) in [4.78, 5) is 0. The van der Waals surface area contributed by atoms with Crippen molar-refractivity contribution >= 4 is 0 Å². The Hall–Kier alpha value is -0.380. The molecule has 0 amide bonds. The monoisotopic (exact) mass is 324 g/mol. The van der Waals surface area contributed by atoms with Crippen LogP contribution in [0.4, 0.5) is 0 Å². The summed E-state index contributed by atoms with van der Waals surface area (Å²) in [6.45, 7) is 15.5. The smallest absolute Gasteiger partial charge is 0.171 e. The standard InChI is InChI=1S/C20H36O3/c1-7-19(5,6)18(21)12-16-10-11-22-20(23-16)13-15(4)8-9-17(20)14(2)3/h7,14-18,21H,1,8-13H2,2-6H3. The number of rotatable bonds is 5. The van der Waals surface area contributed by atoms with Crippen molar-refractivity contribution in [2.24, 2.45) is 23.2 Å². The van der Waals surface area contributed by atoms with E-state index in [0.29, 0.717) is 24.2 Å². The van der Waals surface area contributed by atoms with Gasteiger partial charge in [0.2, 0.25) is 0 Å². The molecule has 1 saturated heterocycles. The summed E-state index contributed by atoms with van der Waals surface area (Å²) in [5.41, 5.74) is -0.286. The van der Waals surface area contributed by atoms with Crippen LogP contribution in [0.3, 0.4) is 0 Å². The van der Waals surface area contributed by atoms with E-state index in [4.69, 9.17) is 9.47 Å². The molecule has 0 aromatic rings. The van der Waals surface area contributed by atoms with Crippen LogP contribution in [0, 0.1) is 23.2 Å². The highest BCUT2D eigenvalue weighted by molar-refractivity contribution is 4.96. The predicted molar refractivity (Wildman–Crippen MR) is 94.1 cm³/mol. The van der Waals surface area contributed by atoms with Crippen molar-refractivity contribution < 1.29 is 14.6 Å². The topological polar surface area (TPSA) is 38.7 Å². The summed E-state index contributed by atoms with van der Waals surface area (Å²) in [6.07, 6.45) is 6.41. The largest absolute Gasteiger partial charge is 0.392 e. The minimum Gasteiger partial charge on any atom is -0.392 e. The molecule has 3 nitrogen and oxygen atoms in total. The van der Waals surface area contributed by atoms with Crippen LogP contribution in [0.25, 0.3) is 0 Å². The zero-order valence-corrected chi connectivity index (χ0v) is 15.7. The van der Waals surface area contributed by atoms with Crippen LogP contribution in [0.5, 0.6) is 0 Å². The Kier molecular flexibility index (Phi) is 5.97. The molecule has 0 radical (unpaired) electrons. The van der Waals surface area contributed by atoms with E-state index in [2.05, 4.69) is 27.4 Å². The summed E-state index contributed by atoms with van der Waals surface area (Å²) < 4.78 is 12.8. The average Bonchev–Trinajstić information content (AvgIpc) is 2.46. The maximum atomic E-state index is 10.6. The third-order valence-corrected chi connectivity index (χ3v) is 6.00. The molecule has 134 valence electrons. The molecule has 23 heavy (non-hydrogen) atoms. The van der Waals surface area contributed by atoms with Crippen molar-refractivity contribution in [3.63, 3.8) is 0 Å². The lowest BCUT2D eigenvalue weighted by Gasteiger charge is -2.51. The van der Waals surface area contributed by atoms with Crippen molar-refractivity contribution in [1.29, 1.82) is 0 Å². The normalized spacial score (nSPS) is 37.1. The van der Waals surface area contributed by atoms with Crippen LogP contribution in [-0.4, -0.2) is 29.7 Å². The Balaban J connectivity index is 2.10. The Morgan fingerprint density at radius 1 is 1.30 bits per heavy atom. The molecule has 1 heterocycles. The number of hydrogen-bond donors (Lipinski definition) is 1. The number of aliphatic hydroxyl groups is 1. The molecule has 5 unspecified atom stereocenters. The Morgan fingerprint density at radius 3 is 2.61 bits per heavy atom. The van der Waals surface area contributed by atoms with Crippen molar-refractivity contribution in [2.45, 2.75) is 84.7 Å². The molecule has 0 aromatic carbocycles. The van der Waals surface area contributed by atoms with Gasteiger partial charge in [-0.2, -0.15) is 0 Å². The summed E-state index contributed by atoms with van der Waals surface area (Å²) in [7, 11) is 0. The number of hydrogen-bond acceptors (Lipinski definition) is 3. The van der Waals surface area contributed by atoms with Gasteiger partial charge in [0.05, 0.1) is 18.8 Å². The Morgan fingerprint density at radius 2 is 2.00 bits per heavy atom. The van der Waals surface area contributed by atoms with E-state index in [0.717, 1.165) is 19.4 Å². The van der Waals surface area contributed by atoms with E-state index in [1.807, 2.05) is 19.9 Å². The van der Waals surface area contributed by atoms with E-state index in [1.165, 1.54) is 12.8 Å². The van der Waals surface area contributed by atoms with E-state index in [1.54, 1.807) is 0 Å². The van der Waals surface area contributed by atoms with Gasteiger partial charge in [0, 0.05) is 24.2 Å². The molecular formula is C20H36O3. The minimum atomic E-state index is -0.438. The third-order valence-electron chi connectivity index (χ3n) is 6.00. The summed E-state index contributed by atoms with van der Waals surface area (Å²) in [6, 6.07) is 0. The molecule has 3 heteroatoms. The van der Waals surface area contributed by atoms with Crippen molar-refractivity contribution in [3.05, 3.63) is 12.7 Å². The highest BCUT2D eigenvalue weighted by atomic mass is 16.7. The molecule has 1 N–H and O–H groups in total. The molecule has 2 fully saturated rings. The fraction of sp³-hybridized carbons (Fsp3) is 0.900. The fourth-order valence-corrected chi connectivity index (χ4v) is 4.16. The predicted octanol–water partition coefficient (Wildman–Crippen LogP) is 4.54. The molecule has 2 rings (SSSR count). The van der Waals surface area contributed by atoms with Crippen molar-refractivity contribution in [1.82, 2.24) is 0 Å². The average molecular weight is 325 g/mol. The first-order chi connectivity index (χ1) is 10.7. The third kappa shape index (κ3) is 4.18. The molecule has 0 aromatic heterocycles. The van der Waals surface area contributed by atoms with Gasteiger partial charge in [-0.15, -0.1) is 6.58 Å². The van der Waals surface area contributed by atoms with Gasteiger partial charge >= 0.3 is 0 Å². The molecule has 1 aliphatic heterocycles. The van der Waals surface area contributed by atoms with Crippen molar-refractivity contribution in [2.75, 3.05) is 6.61 Å². The maximum absolute atomic E-state index is 10.6. The molecular weight excluding hydrogens is 288 g/mol. The second-order valence-corrected chi connectivity index (χ2v) is 8.70. The van der Waals surface area contributed by atoms with Crippen LogP contribution >= 0.6 is 0 Å². The summed E-state index contributed by atoms with van der Waals surface area (Å²) in [5.74, 6) is 1.20. The highest BCUT2D eigenvalue weighted by Crippen LogP contribution is 2.47. The zero-order valence-electron chi connectivity index (χ0n) is 15.7.